The van der Waals surface area contributed by atoms with Gasteiger partial charge in [0.05, 0.1) is 30.0 Å². The maximum absolute atomic E-state index is 12.3. The number of anilines is 1. The van der Waals surface area contributed by atoms with Crippen LogP contribution in [0, 0.1) is 11.3 Å². The Hall–Kier alpha value is -2.62. The van der Waals surface area contributed by atoms with E-state index < -0.39 is 0 Å². The van der Waals surface area contributed by atoms with Crippen LogP contribution in [-0.4, -0.2) is 30.2 Å². The number of pyridine rings is 1. The third-order valence-electron chi connectivity index (χ3n) is 3.52. The van der Waals surface area contributed by atoms with Crippen molar-refractivity contribution in [3.05, 3.63) is 52.7 Å². The molecule has 1 amide bonds. The van der Waals surface area contributed by atoms with Crippen LogP contribution in [0.2, 0.25) is 5.02 Å². The van der Waals surface area contributed by atoms with E-state index in [9.17, 15) is 4.79 Å². The van der Waals surface area contributed by atoms with Gasteiger partial charge in [-0.2, -0.15) is 5.26 Å². The minimum Gasteiger partial charge on any atom is -0.472 e. The lowest BCUT2D eigenvalue weighted by atomic mass is 10.2. The number of rotatable bonds is 4. The van der Waals surface area contributed by atoms with Crippen molar-refractivity contribution < 1.29 is 14.3 Å². The second-order valence-electron chi connectivity index (χ2n) is 5.24. The van der Waals surface area contributed by atoms with Crippen LogP contribution in [0.25, 0.3) is 0 Å². The van der Waals surface area contributed by atoms with Crippen molar-refractivity contribution in [2.24, 2.45) is 0 Å². The van der Waals surface area contributed by atoms with Crippen LogP contribution in [0.1, 0.15) is 22.3 Å². The van der Waals surface area contributed by atoms with Gasteiger partial charge < -0.3 is 14.8 Å². The van der Waals surface area contributed by atoms with E-state index >= 15 is 0 Å². The molecule has 1 N–H and O–H groups in total. The number of carbonyl (C=O) groups is 1. The summed E-state index contributed by atoms with van der Waals surface area (Å²) in [5.74, 6) is 0.0690. The molecule has 1 aliphatic heterocycles. The molecule has 1 saturated heterocycles. The number of benzene rings is 1. The summed E-state index contributed by atoms with van der Waals surface area (Å²) in [4.78, 5) is 16.4. The molecule has 0 aliphatic carbocycles. The highest BCUT2D eigenvalue weighted by Gasteiger charge is 2.18. The van der Waals surface area contributed by atoms with Crippen LogP contribution in [-0.2, 0) is 4.74 Å². The molecule has 2 heterocycles. The van der Waals surface area contributed by atoms with E-state index in [1.54, 1.807) is 24.3 Å². The highest BCUT2D eigenvalue weighted by Crippen LogP contribution is 2.21. The number of aromatic nitrogens is 1. The van der Waals surface area contributed by atoms with Crippen molar-refractivity contribution in [2.75, 3.05) is 18.5 Å². The molecule has 1 unspecified atom stereocenters. The van der Waals surface area contributed by atoms with Crippen molar-refractivity contribution >= 4 is 23.2 Å². The van der Waals surface area contributed by atoms with Crippen LogP contribution in [0.5, 0.6) is 5.88 Å². The number of nitrogens with one attached hydrogen (secondary N) is 1. The van der Waals surface area contributed by atoms with Crippen molar-refractivity contribution in [2.45, 2.75) is 12.5 Å². The fourth-order valence-corrected chi connectivity index (χ4v) is 2.44. The Morgan fingerprint density at radius 2 is 2.29 bits per heavy atom. The first-order valence-electron chi connectivity index (χ1n) is 7.37. The minimum absolute atomic E-state index is 0.00169. The van der Waals surface area contributed by atoms with Gasteiger partial charge in [-0.15, -0.1) is 0 Å². The largest absolute Gasteiger partial charge is 0.472 e. The quantitative estimate of drug-likeness (QED) is 0.922. The Morgan fingerprint density at radius 3 is 2.96 bits per heavy atom. The Balaban J connectivity index is 1.69. The Kier molecular flexibility index (Phi) is 4.94. The average molecular weight is 344 g/mol. The summed E-state index contributed by atoms with van der Waals surface area (Å²) in [5, 5.41) is 12.2. The number of nitrogens with zero attached hydrogens (tertiary/aromatic N) is 2. The third kappa shape index (κ3) is 3.82. The smallest absolute Gasteiger partial charge is 0.257 e. The molecule has 0 bridgehead atoms. The van der Waals surface area contributed by atoms with Crippen LogP contribution in [0.15, 0.2) is 36.5 Å². The highest BCUT2D eigenvalue weighted by molar-refractivity contribution is 6.31. The van der Waals surface area contributed by atoms with E-state index in [1.165, 1.54) is 12.3 Å². The lowest BCUT2D eigenvalue weighted by molar-refractivity contribution is 0.102. The molecule has 0 radical (unpaired) electrons. The minimum atomic E-state index is -0.378. The number of halogens is 1. The van der Waals surface area contributed by atoms with E-state index in [2.05, 4.69) is 10.3 Å². The van der Waals surface area contributed by atoms with Crippen molar-refractivity contribution in [3.63, 3.8) is 0 Å². The van der Waals surface area contributed by atoms with Crippen LogP contribution in [0.3, 0.4) is 0 Å². The van der Waals surface area contributed by atoms with Gasteiger partial charge in [-0.3, -0.25) is 4.79 Å². The van der Waals surface area contributed by atoms with Gasteiger partial charge in [0.15, 0.2) is 0 Å². The monoisotopic (exact) mass is 343 g/mol. The molecule has 6 nitrogen and oxygen atoms in total. The number of nitriles is 1. The van der Waals surface area contributed by atoms with Crippen molar-refractivity contribution in [1.82, 2.24) is 4.98 Å². The summed E-state index contributed by atoms with van der Waals surface area (Å²) in [6, 6.07) is 9.94. The van der Waals surface area contributed by atoms with Gasteiger partial charge in [0.25, 0.3) is 5.91 Å². The molecule has 1 aliphatic rings. The Bertz CT molecular complexity index is 781. The normalized spacial score (nSPS) is 16.4. The summed E-state index contributed by atoms with van der Waals surface area (Å²) >= 11 is 5.91. The van der Waals surface area contributed by atoms with Gasteiger partial charge in [0.1, 0.15) is 12.2 Å². The highest BCUT2D eigenvalue weighted by atomic mass is 35.5. The summed E-state index contributed by atoms with van der Waals surface area (Å²) in [6.07, 6.45) is 2.26. The van der Waals surface area contributed by atoms with Crippen LogP contribution < -0.4 is 10.1 Å². The number of amides is 1. The number of carbonyl (C=O) groups excluding carboxylic acids is 1. The molecule has 0 saturated carbocycles. The molecule has 1 atom stereocenters. The van der Waals surface area contributed by atoms with Gasteiger partial charge in [-0.1, -0.05) is 11.6 Å². The molecule has 2 aromatic rings. The first-order chi connectivity index (χ1) is 11.7. The Labute approximate surface area is 144 Å². The van der Waals surface area contributed by atoms with Crippen molar-refractivity contribution in [1.29, 1.82) is 5.26 Å². The molecule has 1 aromatic heterocycles. The van der Waals surface area contributed by atoms with Gasteiger partial charge in [0, 0.05) is 23.7 Å². The third-order valence-corrected chi connectivity index (χ3v) is 3.76. The maximum Gasteiger partial charge on any atom is 0.257 e. The molecule has 24 heavy (non-hydrogen) atoms. The predicted molar refractivity (Wildman–Crippen MR) is 88.2 cm³/mol. The standard InChI is InChI=1S/C17H14ClN3O3/c18-13-3-1-11(8-19)15(7-13)21-17(22)12-2-4-16(20-9-12)24-14-5-6-23-10-14/h1-4,7,9,14H,5-6,10H2,(H,21,22). The van der Waals surface area contributed by atoms with E-state index in [0.29, 0.717) is 40.9 Å². The molecule has 7 heteroatoms. The van der Waals surface area contributed by atoms with E-state index in [0.717, 1.165) is 6.42 Å². The number of hydrogen-bond donors (Lipinski definition) is 1. The molecule has 3 rings (SSSR count). The lowest BCUT2D eigenvalue weighted by Crippen LogP contribution is -2.17. The summed E-state index contributed by atoms with van der Waals surface area (Å²) in [7, 11) is 0. The molecule has 0 spiro atoms. The molecular formula is C17H14ClN3O3. The maximum atomic E-state index is 12.3. The predicted octanol–water partition coefficient (Wildman–Crippen LogP) is 3.03. The SMILES string of the molecule is N#Cc1ccc(Cl)cc1NC(=O)c1ccc(OC2CCOC2)nc1. The molecule has 122 valence electrons. The summed E-state index contributed by atoms with van der Waals surface area (Å²) < 4.78 is 10.9. The van der Waals surface area contributed by atoms with Gasteiger partial charge in [0.2, 0.25) is 5.88 Å². The zero-order valence-electron chi connectivity index (χ0n) is 12.7. The van der Waals surface area contributed by atoms with Gasteiger partial charge in [-0.05, 0) is 24.3 Å². The molecular weight excluding hydrogens is 330 g/mol. The lowest BCUT2D eigenvalue weighted by Gasteiger charge is -2.11. The Morgan fingerprint density at radius 1 is 1.42 bits per heavy atom. The fourth-order valence-electron chi connectivity index (χ4n) is 2.27. The number of ether oxygens (including phenoxy) is 2. The van der Waals surface area contributed by atoms with E-state index in [1.807, 2.05) is 6.07 Å². The first-order valence-corrected chi connectivity index (χ1v) is 7.75. The number of hydrogen-bond acceptors (Lipinski definition) is 5. The van der Waals surface area contributed by atoms with Crippen LogP contribution >= 0.6 is 11.6 Å². The average Bonchev–Trinajstić information content (AvgIpc) is 3.09. The topological polar surface area (TPSA) is 84.2 Å². The van der Waals surface area contributed by atoms with E-state index in [4.69, 9.17) is 26.3 Å². The van der Waals surface area contributed by atoms with E-state index in [-0.39, 0.29) is 12.0 Å². The zero-order valence-corrected chi connectivity index (χ0v) is 13.4. The molecule has 1 fully saturated rings. The van der Waals surface area contributed by atoms with Gasteiger partial charge in [-0.25, -0.2) is 4.98 Å². The van der Waals surface area contributed by atoms with Gasteiger partial charge >= 0.3 is 0 Å². The first kappa shape index (κ1) is 16.2. The zero-order chi connectivity index (χ0) is 16.9. The summed E-state index contributed by atoms with van der Waals surface area (Å²) in [5.41, 5.74) is 1.05. The second kappa shape index (κ2) is 7.30. The molecule has 1 aromatic carbocycles. The second-order valence-corrected chi connectivity index (χ2v) is 5.68. The van der Waals surface area contributed by atoms with Crippen LogP contribution in [0.4, 0.5) is 5.69 Å². The van der Waals surface area contributed by atoms with Crippen molar-refractivity contribution in [3.8, 4) is 11.9 Å². The fraction of sp³-hybridized carbons (Fsp3) is 0.235. The summed E-state index contributed by atoms with van der Waals surface area (Å²) in [6.45, 7) is 1.24.